The molecule has 0 aliphatic heterocycles. The van der Waals surface area contributed by atoms with Crippen LogP contribution in [-0.2, 0) is 9.84 Å². The van der Waals surface area contributed by atoms with Crippen molar-refractivity contribution in [3.05, 3.63) is 0 Å². The SMILES string of the molecule is CNC(CC1CC2CCC1C2)C(C)(C)S(C)(=O)=O. The fourth-order valence-electron chi connectivity index (χ4n) is 3.98. The number of hydrogen-bond acceptors (Lipinski definition) is 3. The average molecular weight is 273 g/mol. The molecule has 4 heteroatoms. The molecule has 2 aliphatic carbocycles. The summed E-state index contributed by atoms with van der Waals surface area (Å²) in [5.74, 6) is 2.53. The van der Waals surface area contributed by atoms with E-state index in [9.17, 15) is 8.42 Å². The van der Waals surface area contributed by atoms with Crippen LogP contribution in [0.3, 0.4) is 0 Å². The van der Waals surface area contributed by atoms with Crippen LogP contribution in [0.2, 0.25) is 0 Å². The van der Waals surface area contributed by atoms with E-state index in [1.807, 2.05) is 20.9 Å². The molecule has 0 radical (unpaired) electrons. The molecule has 0 amide bonds. The monoisotopic (exact) mass is 273 g/mol. The highest BCUT2D eigenvalue weighted by Crippen LogP contribution is 2.50. The normalized spacial score (nSPS) is 33.9. The number of nitrogens with one attached hydrogen (secondary N) is 1. The molecule has 0 saturated heterocycles. The molecule has 2 fully saturated rings. The van der Waals surface area contributed by atoms with E-state index in [2.05, 4.69) is 5.32 Å². The van der Waals surface area contributed by atoms with Crippen molar-refractivity contribution in [3.8, 4) is 0 Å². The first kappa shape index (κ1) is 14.3. The minimum absolute atomic E-state index is 0.0665. The van der Waals surface area contributed by atoms with Crippen LogP contribution >= 0.6 is 0 Å². The van der Waals surface area contributed by atoms with E-state index in [4.69, 9.17) is 0 Å². The first-order valence-corrected chi connectivity index (χ1v) is 9.01. The first-order chi connectivity index (χ1) is 8.25. The van der Waals surface area contributed by atoms with Gasteiger partial charge in [0.05, 0.1) is 4.75 Å². The topological polar surface area (TPSA) is 46.2 Å². The Labute approximate surface area is 112 Å². The van der Waals surface area contributed by atoms with Gasteiger partial charge in [0.25, 0.3) is 0 Å². The summed E-state index contributed by atoms with van der Waals surface area (Å²) in [5.41, 5.74) is 0. The summed E-state index contributed by atoms with van der Waals surface area (Å²) < 4.78 is 23.2. The van der Waals surface area contributed by atoms with Crippen LogP contribution in [0, 0.1) is 17.8 Å². The van der Waals surface area contributed by atoms with Crippen molar-refractivity contribution in [2.45, 2.75) is 56.7 Å². The second-order valence-corrected chi connectivity index (χ2v) is 9.48. The van der Waals surface area contributed by atoms with Crippen LogP contribution < -0.4 is 5.32 Å². The summed E-state index contributed by atoms with van der Waals surface area (Å²) in [4.78, 5) is 0. The lowest BCUT2D eigenvalue weighted by atomic mass is 9.81. The molecular weight excluding hydrogens is 246 g/mol. The molecule has 2 saturated carbocycles. The van der Waals surface area contributed by atoms with Gasteiger partial charge < -0.3 is 5.32 Å². The zero-order valence-electron chi connectivity index (χ0n) is 12.1. The zero-order valence-corrected chi connectivity index (χ0v) is 12.9. The molecule has 0 spiro atoms. The van der Waals surface area contributed by atoms with Crippen LogP contribution in [-0.4, -0.2) is 32.5 Å². The van der Waals surface area contributed by atoms with Crippen molar-refractivity contribution in [3.63, 3.8) is 0 Å². The summed E-state index contributed by atoms with van der Waals surface area (Å²) >= 11 is 0. The van der Waals surface area contributed by atoms with Crippen molar-refractivity contribution in [2.24, 2.45) is 17.8 Å². The molecule has 0 aromatic rings. The molecule has 106 valence electrons. The Morgan fingerprint density at radius 1 is 1.28 bits per heavy atom. The van der Waals surface area contributed by atoms with Crippen LogP contribution in [0.4, 0.5) is 0 Å². The fraction of sp³-hybridized carbons (Fsp3) is 1.00. The predicted molar refractivity (Wildman–Crippen MR) is 75.3 cm³/mol. The van der Waals surface area contributed by atoms with Gasteiger partial charge in [0.15, 0.2) is 9.84 Å². The van der Waals surface area contributed by atoms with Gasteiger partial charge in [-0.05, 0) is 64.3 Å². The lowest BCUT2D eigenvalue weighted by Crippen LogP contribution is -2.51. The standard InChI is InChI=1S/C14H27NO2S/c1-14(2,18(4,16)17)13(15-3)9-12-8-10-5-6-11(12)7-10/h10-13,15H,5-9H2,1-4H3. The van der Waals surface area contributed by atoms with Crippen LogP contribution in [0.25, 0.3) is 0 Å². The lowest BCUT2D eigenvalue weighted by molar-refractivity contribution is 0.262. The van der Waals surface area contributed by atoms with Crippen LogP contribution in [0.5, 0.6) is 0 Å². The summed E-state index contributed by atoms with van der Waals surface area (Å²) in [7, 11) is -1.14. The Kier molecular flexibility index (Phi) is 3.81. The Balaban J connectivity index is 2.06. The Morgan fingerprint density at radius 2 is 1.94 bits per heavy atom. The average Bonchev–Trinajstić information content (AvgIpc) is 2.85. The molecule has 2 rings (SSSR count). The Bertz CT molecular complexity index is 402. The summed E-state index contributed by atoms with van der Waals surface area (Å²) in [6, 6.07) is 0.0665. The highest BCUT2D eigenvalue weighted by molar-refractivity contribution is 7.92. The summed E-state index contributed by atoms with van der Waals surface area (Å²) in [5, 5.41) is 3.26. The van der Waals surface area contributed by atoms with Gasteiger partial charge in [0.1, 0.15) is 0 Å². The number of fused-ring (bicyclic) bond motifs is 2. The highest BCUT2D eigenvalue weighted by atomic mass is 32.2. The lowest BCUT2D eigenvalue weighted by Gasteiger charge is -2.36. The van der Waals surface area contributed by atoms with E-state index >= 15 is 0 Å². The molecule has 0 aromatic carbocycles. The van der Waals surface area contributed by atoms with Crippen LogP contribution in [0.1, 0.15) is 46.0 Å². The third-order valence-electron chi connectivity index (χ3n) is 5.57. The van der Waals surface area contributed by atoms with Gasteiger partial charge in [-0.25, -0.2) is 8.42 Å². The largest absolute Gasteiger partial charge is 0.315 e. The maximum absolute atomic E-state index is 11.9. The van der Waals surface area contributed by atoms with E-state index in [0.29, 0.717) is 0 Å². The summed E-state index contributed by atoms with van der Waals surface area (Å²) in [6.07, 6.45) is 7.85. The van der Waals surface area contributed by atoms with E-state index in [-0.39, 0.29) is 6.04 Å². The minimum Gasteiger partial charge on any atom is -0.315 e. The highest BCUT2D eigenvalue weighted by Gasteiger charge is 2.44. The van der Waals surface area contributed by atoms with Gasteiger partial charge in [-0.15, -0.1) is 0 Å². The van der Waals surface area contributed by atoms with Gasteiger partial charge in [-0.2, -0.15) is 0 Å². The Morgan fingerprint density at radius 3 is 2.33 bits per heavy atom. The van der Waals surface area contributed by atoms with Crippen molar-refractivity contribution in [1.82, 2.24) is 5.32 Å². The van der Waals surface area contributed by atoms with Gasteiger partial charge in [-0.1, -0.05) is 6.42 Å². The van der Waals surface area contributed by atoms with E-state index in [0.717, 1.165) is 24.2 Å². The first-order valence-electron chi connectivity index (χ1n) is 7.12. The second kappa shape index (κ2) is 4.78. The minimum atomic E-state index is -3.03. The quantitative estimate of drug-likeness (QED) is 0.835. The van der Waals surface area contributed by atoms with Crippen LogP contribution in [0.15, 0.2) is 0 Å². The molecule has 4 atom stereocenters. The fourth-order valence-corrected chi connectivity index (χ4v) is 4.71. The number of hydrogen-bond donors (Lipinski definition) is 1. The maximum Gasteiger partial charge on any atom is 0.154 e. The second-order valence-electron chi connectivity index (χ2n) is 6.89. The molecule has 18 heavy (non-hydrogen) atoms. The molecule has 1 N–H and O–H groups in total. The van der Waals surface area contributed by atoms with Gasteiger partial charge in [-0.3, -0.25) is 0 Å². The third-order valence-corrected chi connectivity index (χ3v) is 7.76. The molecular formula is C14H27NO2S. The van der Waals surface area contributed by atoms with E-state index in [1.54, 1.807) is 0 Å². The molecule has 4 unspecified atom stereocenters. The molecule has 0 heterocycles. The number of rotatable bonds is 5. The summed E-state index contributed by atoms with van der Waals surface area (Å²) in [6.45, 7) is 3.72. The van der Waals surface area contributed by atoms with Crippen molar-refractivity contribution in [1.29, 1.82) is 0 Å². The van der Waals surface area contributed by atoms with Gasteiger partial charge in [0.2, 0.25) is 0 Å². The van der Waals surface area contributed by atoms with Crippen molar-refractivity contribution < 1.29 is 8.42 Å². The Hall–Kier alpha value is -0.0900. The molecule has 3 nitrogen and oxygen atoms in total. The number of sulfone groups is 1. The molecule has 2 bridgehead atoms. The predicted octanol–water partition coefficient (Wildman–Crippen LogP) is 2.22. The smallest absolute Gasteiger partial charge is 0.154 e. The van der Waals surface area contributed by atoms with E-state index in [1.165, 1.54) is 31.9 Å². The molecule has 0 aromatic heterocycles. The van der Waals surface area contributed by atoms with E-state index < -0.39 is 14.6 Å². The van der Waals surface area contributed by atoms with Crippen molar-refractivity contribution >= 4 is 9.84 Å². The maximum atomic E-state index is 11.9. The van der Waals surface area contributed by atoms with Crippen molar-refractivity contribution in [2.75, 3.05) is 13.3 Å². The zero-order chi connectivity index (χ0) is 13.6. The molecule has 2 aliphatic rings. The van der Waals surface area contributed by atoms with Gasteiger partial charge in [0, 0.05) is 12.3 Å². The van der Waals surface area contributed by atoms with Gasteiger partial charge >= 0.3 is 0 Å². The third kappa shape index (κ3) is 2.46.